The number of rotatable bonds is 4. The summed E-state index contributed by atoms with van der Waals surface area (Å²) < 4.78 is 64.4. The SMILES string of the molecule is COC[C@@H]1CN(C)C[C@@]12CCN(S(=O)(=O)N(C)C)C2.O=C(O)C(F)(F)F. The number of carboxylic acids is 1. The Labute approximate surface area is 151 Å². The third-order valence-electron chi connectivity index (χ3n) is 4.73. The molecule has 2 rings (SSSR count). The summed E-state index contributed by atoms with van der Waals surface area (Å²) in [6, 6.07) is 0. The summed E-state index contributed by atoms with van der Waals surface area (Å²) in [5, 5.41) is 7.12. The molecule has 26 heavy (non-hydrogen) atoms. The molecule has 0 amide bonds. The minimum Gasteiger partial charge on any atom is -0.475 e. The van der Waals surface area contributed by atoms with E-state index in [0.717, 1.165) is 19.5 Å². The molecule has 0 unspecified atom stereocenters. The second kappa shape index (κ2) is 8.38. The average Bonchev–Trinajstić information content (AvgIpc) is 3.04. The molecule has 0 radical (unpaired) electrons. The van der Waals surface area contributed by atoms with Crippen LogP contribution in [0.15, 0.2) is 0 Å². The first-order chi connectivity index (χ1) is 11.8. The molecule has 0 aromatic heterocycles. The quantitative estimate of drug-likeness (QED) is 0.725. The lowest BCUT2D eigenvalue weighted by Crippen LogP contribution is -2.42. The molecule has 2 aliphatic heterocycles. The molecule has 12 heteroatoms. The van der Waals surface area contributed by atoms with Crippen molar-refractivity contribution in [2.45, 2.75) is 12.6 Å². The number of carboxylic acid groups (broad SMARTS) is 1. The number of alkyl halides is 3. The average molecular weight is 405 g/mol. The van der Waals surface area contributed by atoms with Crippen molar-refractivity contribution in [1.29, 1.82) is 0 Å². The number of carbonyl (C=O) groups is 1. The van der Waals surface area contributed by atoms with E-state index in [1.807, 2.05) is 0 Å². The highest BCUT2D eigenvalue weighted by atomic mass is 32.2. The third kappa shape index (κ3) is 5.28. The molecule has 8 nitrogen and oxygen atoms in total. The summed E-state index contributed by atoms with van der Waals surface area (Å²) in [6.45, 7) is 3.89. The van der Waals surface area contributed by atoms with Crippen molar-refractivity contribution >= 4 is 16.2 Å². The summed E-state index contributed by atoms with van der Waals surface area (Å²) in [6.07, 6.45) is -4.15. The van der Waals surface area contributed by atoms with Crippen LogP contribution in [-0.4, -0.2) is 100 Å². The van der Waals surface area contributed by atoms with Crippen LogP contribution in [0.4, 0.5) is 13.2 Å². The van der Waals surface area contributed by atoms with Crippen LogP contribution in [0.1, 0.15) is 6.42 Å². The van der Waals surface area contributed by atoms with Gasteiger partial charge in [-0.1, -0.05) is 0 Å². The highest BCUT2D eigenvalue weighted by Gasteiger charge is 2.51. The van der Waals surface area contributed by atoms with Gasteiger partial charge in [-0.15, -0.1) is 0 Å². The molecule has 0 aromatic carbocycles. The zero-order valence-corrected chi connectivity index (χ0v) is 16.1. The Morgan fingerprint density at radius 1 is 1.35 bits per heavy atom. The highest BCUT2D eigenvalue weighted by molar-refractivity contribution is 7.86. The van der Waals surface area contributed by atoms with Crippen LogP contribution >= 0.6 is 0 Å². The Bertz CT molecular complexity index is 599. The monoisotopic (exact) mass is 405 g/mol. The van der Waals surface area contributed by atoms with E-state index in [2.05, 4.69) is 11.9 Å². The van der Waals surface area contributed by atoms with Gasteiger partial charge in [0.15, 0.2) is 0 Å². The normalized spacial score (nSPS) is 27.8. The van der Waals surface area contributed by atoms with Crippen molar-refractivity contribution in [3.05, 3.63) is 0 Å². The molecule has 2 saturated heterocycles. The third-order valence-corrected chi connectivity index (χ3v) is 6.62. The van der Waals surface area contributed by atoms with Gasteiger partial charge in [0.2, 0.25) is 0 Å². The maximum atomic E-state index is 12.2. The second-order valence-electron chi connectivity index (χ2n) is 6.89. The molecule has 0 saturated carbocycles. The Balaban J connectivity index is 0.000000412. The van der Waals surface area contributed by atoms with E-state index in [0.29, 0.717) is 25.6 Å². The standard InChI is InChI=1S/C12H25N3O3S.C2HF3O2/c1-13(2)19(16,17)15-6-5-12(10-15)9-14(3)7-11(12)8-18-4;3-2(4,5)1(6)7/h11H,5-10H2,1-4H3;(H,6,7)/t11-,12+;/m0./s1. The molecule has 2 fully saturated rings. The number of likely N-dealkylation sites (tertiary alicyclic amines) is 1. The topological polar surface area (TPSA) is 90.4 Å². The molecule has 0 bridgehead atoms. The van der Waals surface area contributed by atoms with E-state index in [-0.39, 0.29) is 5.41 Å². The first-order valence-electron chi connectivity index (χ1n) is 7.91. The van der Waals surface area contributed by atoms with Gasteiger partial charge in [0.05, 0.1) is 6.61 Å². The number of aliphatic carboxylic acids is 1. The summed E-state index contributed by atoms with van der Waals surface area (Å²) in [5.74, 6) is -2.34. The van der Waals surface area contributed by atoms with E-state index >= 15 is 0 Å². The van der Waals surface area contributed by atoms with Crippen LogP contribution in [0.2, 0.25) is 0 Å². The van der Waals surface area contributed by atoms with E-state index in [9.17, 15) is 21.6 Å². The van der Waals surface area contributed by atoms with Gasteiger partial charge in [0, 0.05) is 58.7 Å². The van der Waals surface area contributed by atoms with E-state index in [1.54, 1.807) is 25.5 Å². The summed E-state index contributed by atoms with van der Waals surface area (Å²) >= 11 is 0. The van der Waals surface area contributed by atoms with Gasteiger partial charge in [-0.25, -0.2) is 4.79 Å². The highest BCUT2D eigenvalue weighted by Crippen LogP contribution is 2.44. The Morgan fingerprint density at radius 3 is 2.31 bits per heavy atom. The van der Waals surface area contributed by atoms with Gasteiger partial charge < -0.3 is 14.7 Å². The van der Waals surface area contributed by atoms with Crippen molar-refractivity contribution in [1.82, 2.24) is 13.5 Å². The molecular formula is C14H26F3N3O5S. The van der Waals surface area contributed by atoms with Crippen molar-refractivity contribution in [2.24, 2.45) is 11.3 Å². The Morgan fingerprint density at radius 2 is 1.88 bits per heavy atom. The lowest BCUT2D eigenvalue weighted by Gasteiger charge is -2.30. The van der Waals surface area contributed by atoms with Crippen molar-refractivity contribution in [3.8, 4) is 0 Å². The van der Waals surface area contributed by atoms with Gasteiger partial charge in [0.1, 0.15) is 0 Å². The fraction of sp³-hybridized carbons (Fsp3) is 0.929. The van der Waals surface area contributed by atoms with Gasteiger partial charge >= 0.3 is 12.1 Å². The number of hydrogen-bond donors (Lipinski definition) is 1. The maximum absolute atomic E-state index is 12.2. The number of ether oxygens (including phenoxy) is 1. The van der Waals surface area contributed by atoms with Crippen LogP contribution < -0.4 is 0 Å². The summed E-state index contributed by atoms with van der Waals surface area (Å²) in [4.78, 5) is 11.2. The van der Waals surface area contributed by atoms with Crippen LogP contribution in [0.25, 0.3) is 0 Å². The van der Waals surface area contributed by atoms with Crippen molar-refractivity contribution in [2.75, 3.05) is 61.0 Å². The number of nitrogens with zero attached hydrogens (tertiary/aromatic N) is 3. The van der Waals surface area contributed by atoms with Crippen LogP contribution in [0.3, 0.4) is 0 Å². The molecular weight excluding hydrogens is 379 g/mol. The maximum Gasteiger partial charge on any atom is 0.490 e. The zero-order chi connectivity index (χ0) is 20.3. The van der Waals surface area contributed by atoms with Gasteiger partial charge in [0.25, 0.3) is 10.2 Å². The fourth-order valence-electron chi connectivity index (χ4n) is 3.48. The minimum atomic E-state index is -5.08. The van der Waals surface area contributed by atoms with E-state index < -0.39 is 22.4 Å². The molecule has 2 heterocycles. The molecule has 0 aliphatic carbocycles. The van der Waals surface area contributed by atoms with Crippen molar-refractivity contribution in [3.63, 3.8) is 0 Å². The van der Waals surface area contributed by atoms with E-state index in [1.165, 1.54) is 4.31 Å². The predicted molar refractivity (Wildman–Crippen MR) is 87.8 cm³/mol. The lowest BCUT2D eigenvalue weighted by atomic mass is 9.78. The predicted octanol–water partition coefficient (Wildman–Crippen LogP) is 0.326. The molecule has 0 aromatic rings. The van der Waals surface area contributed by atoms with Gasteiger partial charge in [-0.05, 0) is 13.5 Å². The second-order valence-corrected chi connectivity index (χ2v) is 9.03. The number of hydrogen-bond acceptors (Lipinski definition) is 5. The fourth-order valence-corrected chi connectivity index (χ4v) is 4.68. The van der Waals surface area contributed by atoms with Crippen LogP contribution in [0.5, 0.6) is 0 Å². The zero-order valence-electron chi connectivity index (χ0n) is 15.3. The lowest BCUT2D eigenvalue weighted by molar-refractivity contribution is -0.192. The van der Waals surface area contributed by atoms with E-state index in [4.69, 9.17) is 14.6 Å². The largest absolute Gasteiger partial charge is 0.490 e. The minimum absolute atomic E-state index is 0.0633. The summed E-state index contributed by atoms with van der Waals surface area (Å²) in [5.41, 5.74) is 0.0633. The van der Waals surface area contributed by atoms with Crippen LogP contribution in [0, 0.1) is 11.3 Å². The number of halogens is 3. The molecule has 1 N–H and O–H groups in total. The summed E-state index contributed by atoms with van der Waals surface area (Å²) in [7, 11) is 3.71. The van der Waals surface area contributed by atoms with Crippen molar-refractivity contribution < 1.29 is 36.2 Å². The first-order valence-corrected chi connectivity index (χ1v) is 9.31. The molecule has 1 spiro atoms. The van der Waals surface area contributed by atoms with Gasteiger partial charge in [-0.2, -0.15) is 30.2 Å². The van der Waals surface area contributed by atoms with Gasteiger partial charge in [-0.3, -0.25) is 0 Å². The molecule has 2 aliphatic rings. The Hall–Kier alpha value is -0.950. The smallest absolute Gasteiger partial charge is 0.475 e. The molecule has 2 atom stereocenters. The van der Waals surface area contributed by atoms with Crippen LogP contribution in [-0.2, 0) is 19.7 Å². The first kappa shape index (κ1) is 23.1. The molecule has 154 valence electrons. The Kier molecular flexibility index (Phi) is 7.44. The number of methoxy groups -OCH3 is 1.